The molecule has 2 saturated heterocycles. The smallest absolute Gasteiger partial charge is 0.254 e. The third-order valence-corrected chi connectivity index (χ3v) is 4.96. The van der Waals surface area contributed by atoms with Crippen LogP contribution in [-0.4, -0.2) is 48.7 Å². The quantitative estimate of drug-likeness (QED) is 0.929. The van der Waals surface area contributed by atoms with Gasteiger partial charge in [-0.3, -0.25) is 9.69 Å². The zero-order chi connectivity index (χ0) is 16.6. The molecule has 3 rings (SSSR count). The number of halogens is 1. The Morgan fingerprint density at radius 2 is 2.17 bits per heavy atom. The summed E-state index contributed by atoms with van der Waals surface area (Å²) in [5, 5.41) is 2.99. The fourth-order valence-electron chi connectivity index (χ4n) is 3.49. The lowest BCUT2D eigenvalue weighted by atomic mass is 10.0. The maximum atomic E-state index is 14.1. The highest BCUT2D eigenvalue weighted by molar-refractivity contribution is 5.94. The Morgan fingerprint density at radius 3 is 2.91 bits per heavy atom. The molecule has 1 N–H and O–H groups in total. The molecule has 126 valence electrons. The van der Waals surface area contributed by atoms with E-state index in [-0.39, 0.29) is 23.6 Å². The van der Waals surface area contributed by atoms with E-state index in [2.05, 4.69) is 24.1 Å². The first kappa shape index (κ1) is 16.4. The molecule has 0 aliphatic carbocycles. The summed E-state index contributed by atoms with van der Waals surface area (Å²) in [6.45, 7) is 8.45. The Kier molecular flexibility index (Phi) is 4.69. The van der Waals surface area contributed by atoms with Crippen molar-refractivity contribution in [2.24, 2.45) is 5.92 Å². The van der Waals surface area contributed by atoms with Crippen molar-refractivity contribution in [1.29, 1.82) is 0 Å². The van der Waals surface area contributed by atoms with Crippen LogP contribution in [0.1, 0.15) is 36.2 Å². The number of carbonyl (C=O) groups excluding carboxylic acids is 1. The number of rotatable bonds is 3. The number of nitrogens with zero attached hydrogens (tertiary/aromatic N) is 1. The van der Waals surface area contributed by atoms with Gasteiger partial charge < -0.3 is 10.1 Å². The molecule has 3 atom stereocenters. The number of aryl methyl sites for hydroxylation is 1. The number of hydrogen-bond acceptors (Lipinski definition) is 3. The number of hydrogen-bond donors (Lipinski definition) is 1. The molecule has 1 aromatic carbocycles. The van der Waals surface area contributed by atoms with E-state index in [1.54, 1.807) is 19.1 Å². The lowest BCUT2D eigenvalue weighted by Gasteiger charge is -2.36. The molecule has 0 saturated carbocycles. The van der Waals surface area contributed by atoms with E-state index in [1.165, 1.54) is 6.07 Å². The Morgan fingerprint density at radius 1 is 1.39 bits per heavy atom. The molecular weight excluding hydrogens is 295 g/mol. The molecule has 0 radical (unpaired) electrons. The summed E-state index contributed by atoms with van der Waals surface area (Å²) < 4.78 is 20.0. The van der Waals surface area contributed by atoms with Crippen LogP contribution in [0.4, 0.5) is 4.39 Å². The maximum absolute atomic E-state index is 14.1. The van der Waals surface area contributed by atoms with Crippen molar-refractivity contribution in [3.8, 4) is 0 Å². The van der Waals surface area contributed by atoms with Gasteiger partial charge in [-0.25, -0.2) is 4.39 Å². The fourth-order valence-corrected chi connectivity index (χ4v) is 3.49. The van der Waals surface area contributed by atoms with Crippen molar-refractivity contribution >= 4 is 5.91 Å². The van der Waals surface area contributed by atoms with Crippen LogP contribution >= 0.6 is 0 Å². The van der Waals surface area contributed by atoms with Crippen molar-refractivity contribution in [2.75, 3.05) is 19.7 Å². The number of benzene rings is 1. The molecule has 2 fully saturated rings. The molecular formula is C18H25FN2O2. The van der Waals surface area contributed by atoms with Gasteiger partial charge in [0.05, 0.1) is 18.3 Å². The summed E-state index contributed by atoms with van der Waals surface area (Å²) in [6.07, 6.45) is 1.12. The zero-order valence-corrected chi connectivity index (χ0v) is 14.0. The highest BCUT2D eigenvalue weighted by Gasteiger charge is 2.38. The SMILES string of the molecule is Cc1cccc(C(=O)N[C@H]2C[C@H]3CO[C@@H](C(C)C)CN3C2)c1F. The molecule has 23 heavy (non-hydrogen) atoms. The van der Waals surface area contributed by atoms with Crippen LogP contribution < -0.4 is 5.32 Å². The molecule has 0 bridgehead atoms. The van der Waals surface area contributed by atoms with Crippen LogP contribution in [0.3, 0.4) is 0 Å². The van der Waals surface area contributed by atoms with Gasteiger partial charge in [0.1, 0.15) is 5.82 Å². The normalized spacial score (nSPS) is 28.0. The van der Waals surface area contributed by atoms with E-state index in [9.17, 15) is 9.18 Å². The first-order chi connectivity index (χ1) is 11.0. The first-order valence-electron chi connectivity index (χ1n) is 8.37. The van der Waals surface area contributed by atoms with Crippen molar-refractivity contribution in [1.82, 2.24) is 10.2 Å². The molecule has 1 amide bonds. The topological polar surface area (TPSA) is 41.6 Å². The van der Waals surface area contributed by atoms with Gasteiger partial charge in [0.2, 0.25) is 0 Å². The molecule has 4 nitrogen and oxygen atoms in total. The number of amides is 1. The van der Waals surface area contributed by atoms with Crippen molar-refractivity contribution < 1.29 is 13.9 Å². The number of morpholine rings is 1. The predicted molar refractivity (Wildman–Crippen MR) is 86.9 cm³/mol. The lowest BCUT2D eigenvalue weighted by molar-refractivity contribution is -0.0683. The molecule has 2 heterocycles. The molecule has 0 spiro atoms. The minimum Gasteiger partial charge on any atom is -0.375 e. The second-order valence-electron chi connectivity index (χ2n) is 7.07. The molecule has 2 aliphatic rings. The van der Waals surface area contributed by atoms with Gasteiger partial charge in [-0.1, -0.05) is 26.0 Å². The van der Waals surface area contributed by atoms with Gasteiger partial charge in [-0.2, -0.15) is 0 Å². The van der Waals surface area contributed by atoms with E-state index in [0.29, 0.717) is 24.1 Å². The second-order valence-corrected chi connectivity index (χ2v) is 7.07. The van der Waals surface area contributed by atoms with Crippen LogP contribution in [0.15, 0.2) is 18.2 Å². The van der Waals surface area contributed by atoms with Crippen LogP contribution in [0.25, 0.3) is 0 Å². The van der Waals surface area contributed by atoms with Crippen LogP contribution in [0.5, 0.6) is 0 Å². The van der Waals surface area contributed by atoms with Crippen LogP contribution in [-0.2, 0) is 4.74 Å². The van der Waals surface area contributed by atoms with Gasteiger partial charge in [0.25, 0.3) is 5.91 Å². The summed E-state index contributed by atoms with van der Waals surface area (Å²) in [5.74, 6) is -0.257. The number of nitrogens with one attached hydrogen (secondary N) is 1. The van der Waals surface area contributed by atoms with Gasteiger partial charge in [-0.15, -0.1) is 0 Å². The standard InChI is InChI=1S/C18H25FN2O2/c1-11(2)16-9-21-8-13(7-14(21)10-23-16)20-18(22)15-6-4-5-12(3)17(15)19/h4-6,11,13-14,16H,7-10H2,1-3H3,(H,20,22)/t13-,14-,16+/m0/s1. The van der Waals surface area contributed by atoms with E-state index < -0.39 is 5.82 Å². The summed E-state index contributed by atoms with van der Waals surface area (Å²) >= 11 is 0. The van der Waals surface area contributed by atoms with Crippen molar-refractivity contribution in [3.05, 3.63) is 35.1 Å². The third-order valence-electron chi connectivity index (χ3n) is 4.96. The number of carbonyl (C=O) groups is 1. The predicted octanol–water partition coefficient (Wildman–Crippen LogP) is 2.36. The van der Waals surface area contributed by atoms with E-state index in [0.717, 1.165) is 19.5 Å². The minimum atomic E-state index is -0.427. The first-order valence-corrected chi connectivity index (χ1v) is 8.37. The monoisotopic (exact) mass is 320 g/mol. The second kappa shape index (κ2) is 6.57. The zero-order valence-electron chi connectivity index (χ0n) is 14.0. The summed E-state index contributed by atoms with van der Waals surface area (Å²) in [4.78, 5) is 14.7. The Hall–Kier alpha value is -1.46. The molecule has 1 aromatic rings. The Bertz CT molecular complexity index is 590. The highest BCUT2D eigenvalue weighted by Crippen LogP contribution is 2.26. The third kappa shape index (κ3) is 3.40. The van der Waals surface area contributed by atoms with E-state index in [4.69, 9.17) is 4.74 Å². The lowest BCUT2D eigenvalue weighted by Crippen LogP contribution is -2.48. The number of ether oxygens (including phenoxy) is 1. The summed E-state index contributed by atoms with van der Waals surface area (Å²) in [6, 6.07) is 5.34. The largest absolute Gasteiger partial charge is 0.375 e. The Balaban J connectivity index is 1.62. The van der Waals surface area contributed by atoms with Crippen LogP contribution in [0.2, 0.25) is 0 Å². The molecule has 0 aromatic heterocycles. The van der Waals surface area contributed by atoms with Gasteiger partial charge in [-0.05, 0) is 30.9 Å². The van der Waals surface area contributed by atoms with Crippen LogP contribution in [0, 0.1) is 18.7 Å². The average molecular weight is 320 g/mol. The van der Waals surface area contributed by atoms with Gasteiger partial charge in [0, 0.05) is 25.2 Å². The van der Waals surface area contributed by atoms with Crippen molar-refractivity contribution in [2.45, 2.75) is 45.4 Å². The van der Waals surface area contributed by atoms with Gasteiger partial charge in [0.15, 0.2) is 0 Å². The van der Waals surface area contributed by atoms with E-state index >= 15 is 0 Å². The average Bonchev–Trinajstić information content (AvgIpc) is 2.90. The molecule has 2 aliphatic heterocycles. The van der Waals surface area contributed by atoms with Gasteiger partial charge >= 0.3 is 0 Å². The summed E-state index contributed by atoms with van der Waals surface area (Å²) in [7, 11) is 0. The molecule has 5 heteroatoms. The maximum Gasteiger partial charge on any atom is 0.254 e. The Labute approximate surface area is 137 Å². The fraction of sp³-hybridized carbons (Fsp3) is 0.611. The van der Waals surface area contributed by atoms with Crippen molar-refractivity contribution in [3.63, 3.8) is 0 Å². The van der Waals surface area contributed by atoms with E-state index in [1.807, 2.05) is 0 Å². The minimum absolute atomic E-state index is 0.0573. The highest BCUT2D eigenvalue weighted by atomic mass is 19.1. The molecule has 0 unspecified atom stereocenters. The summed E-state index contributed by atoms with van der Waals surface area (Å²) in [5.41, 5.74) is 0.626. The number of fused-ring (bicyclic) bond motifs is 1.